The maximum atomic E-state index is 12.1. The SMILES string of the molecule is CC(N)n1c(Cl)nc2cccc(Br)c2c1=O. The molecule has 1 unspecified atom stereocenters. The van der Waals surface area contributed by atoms with Gasteiger partial charge in [0, 0.05) is 4.47 Å². The van der Waals surface area contributed by atoms with Crippen molar-refractivity contribution in [2.45, 2.75) is 13.1 Å². The molecule has 16 heavy (non-hydrogen) atoms. The van der Waals surface area contributed by atoms with Crippen molar-refractivity contribution in [3.05, 3.63) is 38.3 Å². The highest BCUT2D eigenvalue weighted by molar-refractivity contribution is 9.10. The first-order valence-corrected chi connectivity index (χ1v) is 5.81. The van der Waals surface area contributed by atoms with Crippen LogP contribution in [-0.2, 0) is 0 Å². The van der Waals surface area contributed by atoms with Crippen LogP contribution in [-0.4, -0.2) is 9.55 Å². The van der Waals surface area contributed by atoms with Crippen LogP contribution >= 0.6 is 27.5 Å². The molecule has 0 amide bonds. The number of benzene rings is 1. The predicted molar refractivity (Wildman–Crippen MR) is 67.6 cm³/mol. The summed E-state index contributed by atoms with van der Waals surface area (Å²) in [6, 6.07) is 5.31. The van der Waals surface area contributed by atoms with E-state index in [2.05, 4.69) is 20.9 Å². The van der Waals surface area contributed by atoms with Crippen LogP contribution < -0.4 is 11.3 Å². The maximum Gasteiger partial charge on any atom is 0.264 e. The van der Waals surface area contributed by atoms with Crippen LogP contribution in [0.1, 0.15) is 13.1 Å². The number of hydrogen-bond donors (Lipinski definition) is 1. The molecule has 0 bridgehead atoms. The van der Waals surface area contributed by atoms with E-state index in [0.29, 0.717) is 15.4 Å². The van der Waals surface area contributed by atoms with Crippen molar-refractivity contribution in [3.63, 3.8) is 0 Å². The summed E-state index contributed by atoms with van der Waals surface area (Å²) in [5, 5.41) is 0.592. The lowest BCUT2D eigenvalue weighted by molar-refractivity contribution is 0.548. The highest BCUT2D eigenvalue weighted by Crippen LogP contribution is 2.21. The molecule has 4 nitrogen and oxygen atoms in total. The molecule has 0 radical (unpaired) electrons. The fourth-order valence-electron chi connectivity index (χ4n) is 1.53. The number of rotatable bonds is 1. The number of halogens is 2. The molecule has 1 heterocycles. The molecule has 0 aliphatic carbocycles. The highest BCUT2D eigenvalue weighted by atomic mass is 79.9. The summed E-state index contributed by atoms with van der Waals surface area (Å²) in [7, 11) is 0. The minimum atomic E-state index is -0.510. The minimum absolute atomic E-state index is 0.102. The van der Waals surface area contributed by atoms with Crippen LogP contribution in [0.25, 0.3) is 10.9 Å². The third kappa shape index (κ3) is 1.75. The Balaban J connectivity index is 2.97. The van der Waals surface area contributed by atoms with E-state index in [1.807, 2.05) is 0 Å². The summed E-state index contributed by atoms with van der Waals surface area (Å²) in [4.78, 5) is 16.3. The molecular formula is C10H9BrClN3O. The van der Waals surface area contributed by atoms with E-state index in [1.165, 1.54) is 4.57 Å². The normalized spacial score (nSPS) is 13.0. The summed E-state index contributed by atoms with van der Waals surface area (Å²) in [5.74, 6) is 0. The second kappa shape index (κ2) is 4.16. The topological polar surface area (TPSA) is 60.9 Å². The van der Waals surface area contributed by atoms with Crippen LogP contribution in [0.3, 0.4) is 0 Å². The molecule has 1 aromatic heterocycles. The number of nitrogens with zero attached hydrogens (tertiary/aromatic N) is 2. The Hall–Kier alpha value is -0.910. The maximum absolute atomic E-state index is 12.1. The van der Waals surface area contributed by atoms with Crippen molar-refractivity contribution in [1.82, 2.24) is 9.55 Å². The van der Waals surface area contributed by atoms with Gasteiger partial charge in [-0.2, -0.15) is 0 Å². The Morgan fingerprint density at radius 2 is 2.25 bits per heavy atom. The van der Waals surface area contributed by atoms with Crippen LogP contribution in [0.5, 0.6) is 0 Å². The number of fused-ring (bicyclic) bond motifs is 1. The van der Waals surface area contributed by atoms with Gasteiger partial charge in [0.2, 0.25) is 5.28 Å². The van der Waals surface area contributed by atoms with Gasteiger partial charge in [-0.3, -0.25) is 9.36 Å². The summed E-state index contributed by atoms with van der Waals surface area (Å²) in [6.07, 6.45) is -0.510. The average molecular weight is 303 g/mol. The van der Waals surface area contributed by atoms with Crippen LogP contribution in [0, 0.1) is 0 Å². The highest BCUT2D eigenvalue weighted by Gasteiger charge is 2.13. The quantitative estimate of drug-likeness (QED) is 0.822. The fraction of sp³-hybridized carbons (Fsp3) is 0.200. The van der Waals surface area contributed by atoms with E-state index in [-0.39, 0.29) is 10.8 Å². The van der Waals surface area contributed by atoms with Gasteiger partial charge in [0.05, 0.1) is 17.1 Å². The van der Waals surface area contributed by atoms with Crippen molar-refractivity contribution in [2.24, 2.45) is 5.73 Å². The molecule has 2 N–H and O–H groups in total. The Morgan fingerprint density at radius 3 is 2.88 bits per heavy atom. The van der Waals surface area contributed by atoms with E-state index >= 15 is 0 Å². The molecule has 0 aliphatic rings. The van der Waals surface area contributed by atoms with E-state index in [4.69, 9.17) is 17.3 Å². The Bertz CT molecular complexity index is 609. The number of hydrogen-bond acceptors (Lipinski definition) is 3. The lowest BCUT2D eigenvalue weighted by Crippen LogP contribution is -2.29. The van der Waals surface area contributed by atoms with Crippen molar-refractivity contribution < 1.29 is 0 Å². The number of nitrogens with two attached hydrogens (primary N) is 1. The molecule has 84 valence electrons. The van der Waals surface area contributed by atoms with E-state index < -0.39 is 6.17 Å². The second-order valence-corrected chi connectivity index (χ2v) is 4.62. The summed E-state index contributed by atoms with van der Waals surface area (Å²) in [5.41, 5.74) is 6.00. The minimum Gasteiger partial charge on any atom is -0.311 e. The molecule has 0 spiro atoms. The van der Waals surface area contributed by atoms with Crippen LogP contribution in [0.2, 0.25) is 5.28 Å². The molecule has 0 aliphatic heterocycles. The molecule has 1 atom stereocenters. The zero-order valence-corrected chi connectivity index (χ0v) is 10.8. The average Bonchev–Trinajstić information content (AvgIpc) is 2.15. The second-order valence-electron chi connectivity index (χ2n) is 3.43. The molecule has 1 aromatic carbocycles. The van der Waals surface area contributed by atoms with Gasteiger partial charge in [-0.15, -0.1) is 0 Å². The smallest absolute Gasteiger partial charge is 0.264 e. The molecule has 6 heteroatoms. The first kappa shape index (κ1) is 11.6. The lowest BCUT2D eigenvalue weighted by atomic mass is 10.2. The fourth-order valence-corrected chi connectivity index (χ4v) is 2.38. The molecule has 0 fully saturated rings. The van der Waals surface area contributed by atoms with Crippen LogP contribution in [0.15, 0.2) is 27.5 Å². The van der Waals surface area contributed by atoms with Gasteiger partial charge < -0.3 is 5.73 Å². The third-order valence-corrected chi connectivity index (χ3v) is 3.17. The van der Waals surface area contributed by atoms with E-state index in [9.17, 15) is 4.79 Å². The Morgan fingerprint density at radius 1 is 1.56 bits per heavy atom. The van der Waals surface area contributed by atoms with Crippen molar-refractivity contribution in [3.8, 4) is 0 Å². The van der Waals surface area contributed by atoms with Crippen LogP contribution in [0.4, 0.5) is 0 Å². The zero-order chi connectivity index (χ0) is 11.9. The standard InChI is InChI=1S/C10H9BrClN3O/c1-5(13)15-9(16)8-6(11)3-2-4-7(8)14-10(15)12/h2-5H,13H2,1H3. The molecule has 0 saturated carbocycles. The van der Waals surface area contributed by atoms with Gasteiger partial charge >= 0.3 is 0 Å². The predicted octanol–water partition coefficient (Wildman–Crippen LogP) is 2.29. The van der Waals surface area contributed by atoms with Crippen molar-refractivity contribution >= 4 is 38.4 Å². The van der Waals surface area contributed by atoms with Gasteiger partial charge in [0.15, 0.2) is 0 Å². The van der Waals surface area contributed by atoms with Crippen molar-refractivity contribution in [1.29, 1.82) is 0 Å². The first-order valence-electron chi connectivity index (χ1n) is 4.64. The summed E-state index contributed by atoms with van der Waals surface area (Å²) < 4.78 is 1.95. The summed E-state index contributed by atoms with van der Waals surface area (Å²) >= 11 is 9.23. The van der Waals surface area contributed by atoms with Gasteiger partial charge in [-0.25, -0.2) is 4.98 Å². The van der Waals surface area contributed by atoms with E-state index in [1.54, 1.807) is 25.1 Å². The molecule has 2 aromatic rings. The first-order chi connectivity index (χ1) is 7.52. The molecular weight excluding hydrogens is 293 g/mol. The van der Waals surface area contributed by atoms with Gasteiger partial charge in [0.25, 0.3) is 5.56 Å². The van der Waals surface area contributed by atoms with Gasteiger partial charge in [0.1, 0.15) is 0 Å². The van der Waals surface area contributed by atoms with Gasteiger partial charge in [-0.1, -0.05) is 6.07 Å². The van der Waals surface area contributed by atoms with Crippen molar-refractivity contribution in [2.75, 3.05) is 0 Å². The monoisotopic (exact) mass is 301 g/mol. The lowest BCUT2D eigenvalue weighted by Gasteiger charge is -2.12. The largest absolute Gasteiger partial charge is 0.311 e. The molecule has 0 saturated heterocycles. The third-order valence-electron chi connectivity index (χ3n) is 2.24. The Kier molecular flexibility index (Phi) is 3.01. The summed E-state index contributed by atoms with van der Waals surface area (Å²) in [6.45, 7) is 1.68. The zero-order valence-electron chi connectivity index (χ0n) is 8.45. The van der Waals surface area contributed by atoms with E-state index in [0.717, 1.165) is 0 Å². The molecule has 2 rings (SSSR count). The Labute approximate surface area is 105 Å². The van der Waals surface area contributed by atoms with Gasteiger partial charge in [-0.05, 0) is 46.6 Å². The number of aromatic nitrogens is 2.